The first kappa shape index (κ1) is 57.7. The predicted molar refractivity (Wildman–Crippen MR) is 385 cm³/mol. The highest BCUT2D eigenvalue weighted by Crippen LogP contribution is 2.57. The van der Waals surface area contributed by atoms with Crippen molar-refractivity contribution in [1.29, 1.82) is 0 Å². The summed E-state index contributed by atoms with van der Waals surface area (Å²) in [5.41, 5.74) is 27.1. The van der Waals surface area contributed by atoms with Crippen molar-refractivity contribution >= 4 is 107 Å². The van der Waals surface area contributed by atoms with Crippen LogP contribution in [0.25, 0.3) is 66.1 Å². The van der Waals surface area contributed by atoms with Gasteiger partial charge in [-0.15, -0.1) is 0 Å². The van der Waals surface area contributed by atoms with Gasteiger partial charge in [0.15, 0.2) is 0 Å². The zero-order valence-electron chi connectivity index (χ0n) is 55.6. The second kappa shape index (κ2) is 19.9. The minimum absolute atomic E-state index is 0.00579. The fourth-order valence-electron chi connectivity index (χ4n) is 15.1. The summed E-state index contributed by atoms with van der Waals surface area (Å²) in [6.45, 7) is 37.0. The van der Waals surface area contributed by atoms with Crippen LogP contribution in [0.5, 0.6) is 0 Å². The molecule has 0 spiro atoms. The maximum absolute atomic E-state index is 7.39. The van der Waals surface area contributed by atoms with Gasteiger partial charge in [-0.1, -0.05) is 208 Å². The minimum atomic E-state index is -0.343. The van der Waals surface area contributed by atoms with Crippen molar-refractivity contribution in [2.24, 2.45) is 0 Å². The first-order chi connectivity index (χ1) is 42.6. The van der Waals surface area contributed by atoms with Crippen LogP contribution >= 0.6 is 0 Å². The summed E-state index contributed by atoms with van der Waals surface area (Å²) >= 11 is 0. The standard InChI is InChI=1S/C84H84BN3O2/c1-79(2,3)52-26-33-56(34-27-52)86(57-35-28-53(29-36-57)80(4,5)6)59-39-41-67-69(47-59)87(68-42-32-55(82(10,11)12)46-62(68)51-22-18-17-19-23-51)70-49-63-60-24-20-21-25-71(60)90-78(63)75-61-40-43-72-74(64-48-65-66(50-73(64)89-72)84(15,16)45-44-83(65,13)14)77(61)88(85(67)76(70)75)58-37-30-54(31-38-58)81(7,8)9/h17-43,46-50H,44-45H2,1-16H3. The molecule has 0 N–H and O–H groups in total. The summed E-state index contributed by atoms with van der Waals surface area (Å²) in [4.78, 5) is 7.79. The third-order valence-corrected chi connectivity index (χ3v) is 20.5. The Morgan fingerprint density at radius 1 is 0.422 bits per heavy atom. The van der Waals surface area contributed by atoms with Crippen molar-refractivity contribution in [2.45, 2.75) is 156 Å². The van der Waals surface area contributed by atoms with Crippen LogP contribution in [0.15, 0.2) is 203 Å². The first-order valence-corrected chi connectivity index (χ1v) is 32.7. The summed E-state index contributed by atoms with van der Waals surface area (Å²) < 4.78 is 14.7. The van der Waals surface area contributed by atoms with Crippen LogP contribution < -0.4 is 25.5 Å². The van der Waals surface area contributed by atoms with Crippen LogP contribution in [0.4, 0.5) is 45.5 Å². The molecule has 0 amide bonds. The van der Waals surface area contributed by atoms with E-state index in [-0.39, 0.29) is 39.3 Å². The van der Waals surface area contributed by atoms with Crippen LogP contribution in [-0.4, -0.2) is 6.85 Å². The zero-order chi connectivity index (χ0) is 62.9. The molecular weight excluding hydrogens is 1090 g/mol. The van der Waals surface area contributed by atoms with Gasteiger partial charge >= 0.3 is 6.85 Å². The number of hydrogen-bond acceptors (Lipinski definition) is 5. The number of anilines is 8. The molecule has 15 rings (SSSR count). The second-order valence-electron chi connectivity index (χ2n) is 31.7. The molecule has 4 heterocycles. The van der Waals surface area contributed by atoms with Gasteiger partial charge in [-0.3, -0.25) is 0 Å². The lowest BCUT2D eigenvalue weighted by molar-refractivity contribution is 0.332. The number of para-hydroxylation sites is 1. The van der Waals surface area contributed by atoms with E-state index in [4.69, 9.17) is 8.83 Å². The molecule has 10 aromatic carbocycles. The summed E-state index contributed by atoms with van der Waals surface area (Å²) in [6, 6.07) is 74.2. The lowest BCUT2D eigenvalue weighted by Crippen LogP contribution is -2.61. The highest BCUT2D eigenvalue weighted by Gasteiger charge is 2.49. The highest BCUT2D eigenvalue weighted by atomic mass is 16.3. The van der Waals surface area contributed by atoms with Gasteiger partial charge in [0.25, 0.3) is 0 Å². The van der Waals surface area contributed by atoms with Crippen molar-refractivity contribution in [3.63, 3.8) is 0 Å². The van der Waals surface area contributed by atoms with Gasteiger partial charge in [0, 0.05) is 72.7 Å². The van der Waals surface area contributed by atoms with Crippen molar-refractivity contribution in [3.05, 3.63) is 228 Å². The molecule has 0 fully saturated rings. The first-order valence-electron chi connectivity index (χ1n) is 32.7. The molecule has 0 atom stereocenters. The van der Waals surface area contributed by atoms with Crippen LogP contribution in [0.3, 0.4) is 0 Å². The molecular formula is C84H84BN3O2. The molecule has 0 bridgehead atoms. The van der Waals surface area contributed by atoms with Gasteiger partial charge in [0.2, 0.25) is 0 Å². The molecule has 6 heteroatoms. The number of benzene rings is 10. The Kier molecular flexibility index (Phi) is 12.7. The van der Waals surface area contributed by atoms with Crippen LogP contribution in [0.1, 0.15) is 157 Å². The maximum Gasteiger partial charge on any atom is 0.333 e. The van der Waals surface area contributed by atoms with Crippen molar-refractivity contribution in [1.82, 2.24) is 0 Å². The smallest absolute Gasteiger partial charge is 0.333 e. The average Bonchev–Trinajstić information content (AvgIpc) is 1.17. The van der Waals surface area contributed by atoms with Gasteiger partial charge in [-0.2, -0.15) is 0 Å². The molecule has 5 nitrogen and oxygen atoms in total. The monoisotopic (exact) mass is 1180 g/mol. The van der Waals surface area contributed by atoms with E-state index in [1.807, 2.05) is 0 Å². The molecule has 2 aliphatic heterocycles. The van der Waals surface area contributed by atoms with Crippen LogP contribution in [0, 0.1) is 0 Å². The largest absolute Gasteiger partial charge is 0.456 e. The Morgan fingerprint density at radius 2 is 0.978 bits per heavy atom. The van der Waals surface area contributed by atoms with E-state index in [9.17, 15) is 0 Å². The topological polar surface area (TPSA) is 36.0 Å². The highest BCUT2D eigenvalue weighted by molar-refractivity contribution is 6.94. The quantitative estimate of drug-likeness (QED) is 0.155. The number of furan rings is 2. The predicted octanol–water partition coefficient (Wildman–Crippen LogP) is 22.9. The molecule has 90 heavy (non-hydrogen) atoms. The van der Waals surface area contributed by atoms with Gasteiger partial charge in [-0.25, -0.2) is 0 Å². The number of nitrogens with zero attached hydrogens (tertiary/aromatic N) is 3. The summed E-state index contributed by atoms with van der Waals surface area (Å²) in [7, 11) is 0. The molecule has 1 aliphatic carbocycles. The van der Waals surface area contributed by atoms with Gasteiger partial charge in [-0.05, 0) is 192 Å². The van der Waals surface area contributed by atoms with Crippen LogP contribution in [0.2, 0.25) is 0 Å². The molecule has 0 saturated heterocycles. The summed E-state index contributed by atoms with van der Waals surface area (Å²) in [5.74, 6) is 0. The van der Waals surface area contributed by atoms with Crippen LogP contribution in [-0.2, 0) is 32.5 Å². The molecule has 450 valence electrons. The minimum Gasteiger partial charge on any atom is -0.456 e. The third-order valence-electron chi connectivity index (χ3n) is 20.5. The summed E-state index contributed by atoms with van der Waals surface area (Å²) in [6.07, 6.45) is 2.24. The molecule has 0 unspecified atom stereocenters. The van der Waals surface area contributed by atoms with E-state index < -0.39 is 0 Å². The fraction of sp³-hybridized carbons (Fsp3) is 0.286. The Balaban J connectivity index is 1.11. The fourth-order valence-corrected chi connectivity index (χ4v) is 15.1. The van der Waals surface area contributed by atoms with Gasteiger partial charge < -0.3 is 23.4 Å². The number of rotatable bonds is 6. The van der Waals surface area contributed by atoms with Crippen molar-refractivity contribution in [3.8, 4) is 22.3 Å². The average molecular weight is 1180 g/mol. The summed E-state index contributed by atoms with van der Waals surface area (Å²) in [5, 5.41) is 4.44. The molecule has 12 aromatic rings. The Hall–Kier alpha value is -8.74. The van der Waals surface area contributed by atoms with E-state index in [1.54, 1.807) is 0 Å². The molecule has 0 radical (unpaired) electrons. The van der Waals surface area contributed by atoms with E-state index in [0.29, 0.717) is 0 Å². The Labute approximate surface area is 533 Å². The van der Waals surface area contributed by atoms with E-state index in [2.05, 4.69) is 320 Å². The number of fused-ring (bicyclic) bond motifs is 13. The lowest BCUT2D eigenvalue weighted by Gasteiger charge is -2.46. The Morgan fingerprint density at radius 3 is 1.59 bits per heavy atom. The number of hydrogen-bond donors (Lipinski definition) is 0. The third kappa shape index (κ3) is 9.16. The van der Waals surface area contributed by atoms with Crippen molar-refractivity contribution < 1.29 is 8.83 Å². The molecule has 3 aliphatic rings. The van der Waals surface area contributed by atoms with Gasteiger partial charge in [0.1, 0.15) is 22.3 Å². The molecule has 2 aromatic heterocycles. The van der Waals surface area contributed by atoms with Gasteiger partial charge in [0.05, 0.1) is 11.1 Å². The molecule has 0 saturated carbocycles. The zero-order valence-corrected chi connectivity index (χ0v) is 55.6. The lowest BCUT2D eigenvalue weighted by atomic mass is 9.43. The Bertz CT molecular complexity index is 4800. The van der Waals surface area contributed by atoms with Crippen molar-refractivity contribution in [2.75, 3.05) is 14.6 Å². The maximum atomic E-state index is 7.39. The second-order valence-corrected chi connectivity index (χ2v) is 31.7. The SMILES string of the molecule is CC(C)(C)c1ccc(N2B3c4ccc(N(c5ccc(C(C)(C)C)cc5)c5ccc(C(C)(C)C)cc5)cc4N(c4ccc(C(C)(C)C)cc4-c4ccccc4)c4cc5c(oc6ccccc65)c(c43)-c3ccc4oc5cc6c(cc5c4c32)C(C)(C)CCC6(C)C)cc1. The van der Waals surface area contributed by atoms with E-state index >= 15 is 0 Å². The van der Waals surface area contributed by atoms with E-state index in [1.165, 1.54) is 49.9 Å². The normalized spacial score (nSPS) is 15.4. The van der Waals surface area contributed by atoms with E-state index in [0.717, 1.165) is 119 Å².